The number of imidazole rings is 1. The van der Waals surface area contributed by atoms with E-state index in [2.05, 4.69) is 20.4 Å². The summed E-state index contributed by atoms with van der Waals surface area (Å²) < 4.78 is 7.08. The van der Waals surface area contributed by atoms with Crippen molar-refractivity contribution in [2.45, 2.75) is 26.3 Å². The van der Waals surface area contributed by atoms with E-state index in [1.165, 1.54) is 0 Å². The Morgan fingerprint density at radius 3 is 2.74 bits per heavy atom. The Bertz CT molecular complexity index is 1180. The third-order valence-corrected chi connectivity index (χ3v) is 5.13. The molecule has 7 nitrogen and oxygen atoms in total. The highest BCUT2D eigenvalue weighted by Crippen LogP contribution is 2.24. The first-order chi connectivity index (χ1) is 15.1. The summed E-state index contributed by atoms with van der Waals surface area (Å²) in [4.78, 5) is 20.7. The number of carbonyl (C=O) groups excluding carboxylic acids is 1. The van der Waals surface area contributed by atoms with Gasteiger partial charge in [-0.25, -0.2) is 9.67 Å². The molecule has 0 bridgehead atoms. The number of aryl methyl sites for hydroxylation is 1. The molecule has 0 saturated carbocycles. The summed E-state index contributed by atoms with van der Waals surface area (Å²) in [5.41, 5.74) is 4.16. The van der Waals surface area contributed by atoms with Crippen molar-refractivity contribution in [2.24, 2.45) is 0 Å². The fraction of sp³-hybridized carbons (Fsp3) is 0.208. The average molecular weight is 415 g/mol. The Hall–Kier alpha value is -3.87. The van der Waals surface area contributed by atoms with Crippen molar-refractivity contribution in [3.05, 3.63) is 84.1 Å². The van der Waals surface area contributed by atoms with Gasteiger partial charge >= 0.3 is 0 Å². The molecule has 1 atom stereocenters. The number of hydrogen-bond donors (Lipinski definition) is 2. The molecular weight excluding hydrogens is 390 g/mol. The number of hydrogen-bond acceptors (Lipinski definition) is 4. The van der Waals surface area contributed by atoms with E-state index in [-0.39, 0.29) is 11.9 Å². The van der Waals surface area contributed by atoms with Crippen molar-refractivity contribution < 1.29 is 9.53 Å². The number of aromatic amines is 1. The summed E-state index contributed by atoms with van der Waals surface area (Å²) in [7, 11) is 1.62. The van der Waals surface area contributed by atoms with Crippen LogP contribution in [0.15, 0.2) is 67.0 Å². The molecule has 2 aromatic carbocycles. The minimum absolute atomic E-state index is 0.247. The van der Waals surface area contributed by atoms with Crippen LogP contribution in [0, 0.1) is 6.92 Å². The molecule has 0 radical (unpaired) electrons. The quantitative estimate of drug-likeness (QED) is 0.467. The summed E-state index contributed by atoms with van der Waals surface area (Å²) in [5, 5.41) is 7.49. The summed E-state index contributed by atoms with van der Waals surface area (Å²) in [6.45, 7) is 4.00. The van der Waals surface area contributed by atoms with Gasteiger partial charge in [0.2, 0.25) is 0 Å². The van der Waals surface area contributed by atoms with Gasteiger partial charge in [-0.1, -0.05) is 43.3 Å². The second kappa shape index (κ2) is 8.87. The van der Waals surface area contributed by atoms with Crippen molar-refractivity contribution in [3.63, 3.8) is 0 Å². The largest absolute Gasteiger partial charge is 0.494 e. The fourth-order valence-corrected chi connectivity index (χ4v) is 3.43. The molecule has 31 heavy (non-hydrogen) atoms. The second-order valence-electron chi connectivity index (χ2n) is 7.30. The summed E-state index contributed by atoms with van der Waals surface area (Å²) in [6.07, 6.45) is 4.24. The number of methoxy groups -OCH3 is 1. The van der Waals surface area contributed by atoms with Gasteiger partial charge < -0.3 is 15.0 Å². The molecule has 0 aliphatic heterocycles. The molecule has 158 valence electrons. The molecule has 0 saturated heterocycles. The van der Waals surface area contributed by atoms with Crippen molar-refractivity contribution in [2.75, 3.05) is 7.11 Å². The highest BCUT2D eigenvalue weighted by molar-refractivity contribution is 5.92. The minimum atomic E-state index is -0.255. The molecule has 0 fully saturated rings. The number of rotatable bonds is 7. The molecule has 2 aromatic heterocycles. The van der Waals surface area contributed by atoms with Crippen LogP contribution in [0.25, 0.3) is 16.9 Å². The summed E-state index contributed by atoms with van der Waals surface area (Å²) in [5.74, 6) is 1.15. The van der Waals surface area contributed by atoms with Gasteiger partial charge in [-0.05, 0) is 42.7 Å². The fourth-order valence-electron chi connectivity index (χ4n) is 3.43. The zero-order valence-corrected chi connectivity index (χ0v) is 17.8. The number of benzene rings is 2. The van der Waals surface area contributed by atoms with Gasteiger partial charge in [-0.2, -0.15) is 5.10 Å². The Labute approximate surface area is 181 Å². The lowest BCUT2D eigenvalue weighted by Gasteiger charge is -2.14. The van der Waals surface area contributed by atoms with E-state index in [1.807, 2.05) is 62.4 Å². The number of amides is 1. The van der Waals surface area contributed by atoms with Crippen LogP contribution >= 0.6 is 0 Å². The van der Waals surface area contributed by atoms with Crippen LogP contribution in [0.4, 0.5) is 0 Å². The number of ether oxygens (including phenoxy) is 1. The summed E-state index contributed by atoms with van der Waals surface area (Å²) in [6, 6.07) is 17.2. The normalized spacial score (nSPS) is 11.8. The second-order valence-corrected chi connectivity index (χ2v) is 7.30. The number of carbonyl (C=O) groups is 1. The zero-order valence-electron chi connectivity index (χ0n) is 17.8. The first kappa shape index (κ1) is 20.4. The van der Waals surface area contributed by atoms with Crippen LogP contribution in [0.5, 0.6) is 5.75 Å². The van der Waals surface area contributed by atoms with Crippen molar-refractivity contribution in [1.82, 2.24) is 25.1 Å². The van der Waals surface area contributed by atoms with E-state index in [4.69, 9.17) is 4.74 Å². The Kier molecular flexibility index (Phi) is 5.84. The van der Waals surface area contributed by atoms with E-state index in [0.29, 0.717) is 17.9 Å². The third-order valence-electron chi connectivity index (χ3n) is 5.13. The number of nitrogens with one attached hydrogen (secondary N) is 2. The molecule has 4 aromatic rings. The Morgan fingerprint density at radius 1 is 1.19 bits per heavy atom. The maximum atomic E-state index is 12.9. The smallest absolute Gasteiger partial charge is 0.272 e. The average Bonchev–Trinajstić information content (AvgIpc) is 3.48. The first-order valence-electron chi connectivity index (χ1n) is 10.2. The van der Waals surface area contributed by atoms with Crippen LogP contribution < -0.4 is 10.1 Å². The topological polar surface area (TPSA) is 84.8 Å². The van der Waals surface area contributed by atoms with Crippen molar-refractivity contribution in [1.29, 1.82) is 0 Å². The molecular formula is C24H25N5O2. The molecule has 0 spiro atoms. The maximum absolute atomic E-state index is 12.9. The third kappa shape index (κ3) is 4.35. The van der Waals surface area contributed by atoms with Crippen LogP contribution in [-0.2, 0) is 0 Å². The van der Waals surface area contributed by atoms with Crippen molar-refractivity contribution in [3.8, 4) is 22.7 Å². The van der Waals surface area contributed by atoms with Crippen LogP contribution in [-0.4, -0.2) is 32.8 Å². The van der Waals surface area contributed by atoms with E-state index < -0.39 is 0 Å². The molecule has 2 heterocycles. The maximum Gasteiger partial charge on any atom is 0.272 e. The van der Waals surface area contributed by atoms with Gasteiger partial charge in [0.05, 0.1) is 25.0 Å². The van der Waals surface area contributed by atoms with Gasteiger partial charge in [0, 0.05) is 6.20 Å². The van der Waals surface area contributed by atoms with E-state index in [0.717, 1.165) is 28.3 Å². The van der Waals surface area contributed by atoms with Gasteiger partial charge in [-0.15, -0.1) is 0 Å². The standard InChI is InChI=1S/C24H25N5O2/c1-4-18(23-25-15-20(26-23)17-8-6-5-7-9-17)27-24(30)19-12-13-29(28-19)21-14-16(2)10-11-22(21)31-3/h5-15,18H,4H2,1-3H3,(H,25,26)(H,27,30). The summed E-state index contributed by atoms with van der Waals surface area (Å²) >= 11 is 0. The van der Waals surface area contributed by atoms with Crippen molar-refractivity contribution >= 4 is 5.91 Å². The SMILES string of the molecule is CCC(NC(=O)c1ccn(-c2cc(C)ccc2OC)n1)c1ncc(-c2ccccc2)[nH]1. The predicted molar refractivity (Wildman–Crippen MR) is 119 cm³/mol. The van der Waals surface area contributed by atoms with E-state index in [9.17, 15) is 4.79 Å². The molecule has 4 rings (SSSR count). The molecule has 1 unspecified atom stereocenters. The van der Waals surface area contributed by atoms with Gasteiger partial charge in [0.25, 0.3) is 5.91 Å². The molecule has 0 aliphatic rings. The lowest BCUT2D eigenvalue weighted by atomic mass is 10.2. The van der Waals surface area contributed by atoms with Crippen LogP contribution in [0.2, 0.25) is 0 Å². The highest BCUT2D eigenvalue weighted by Gasteiger charge is 2.19. The number of H-pyrrole nitrogens is 1. The molecule has 7 heteroatoms. The van der Waals surface area contributed by atoms with Gasteiger partial charge in [-0.3, -0.25) is 4.79 Å². The van der Waals surface area contributed by atoms with Gasteiger partial charge in [0.1, 0.15) is 17.3 Å². The Balaban J connectivity index is 1.52. The highest BCUT2D eigenvalue weighted by atomic mass is 16.5. The molecule has 1 amide bonds. The van der Waals surface area contributed by atoms with Crippen LogP contribution in [0.3, 0.4) is 0 Å². The lowest BCUT2D eigenvalue weighted by Crippen LogP contribution is -2.29. The monoisotopic (exact) mass is 415 g/mol. The van der Waals surface area contributed by atoms with E-state index in [1.54, 1.807) is 30.3 Å². The van der Waals surface area contributed by atoms with E-state index >= 15 is 0 Å². The van der Waals surface area contributed by atoms with Crippen LogP contribution in [0.1, 0.15) is 41.3 Å². The number of nitrogens with zero attached hydrogens (tertiary/aromatic N) is 3. The minimum Gasteiger partial charge on any atom is -0.494 e. The molecule has 2 N–H and O–H groups in total. The number of aromatic nitrogens is 4. The lowest BCUT2D eigenvalue weighted by molar-refractivity contribution is 0.0928. The van der Waals surface area contributed by atoms with Gasteiger partial charge in [0.15, 0.2) is 5.69 Å². The molecule has 0 aliphatic carbocycles. The first-order valence-corrected chi connectivity index (χ1v) is 10.2. The predicted octanol–water partition coefficient (Wildman–Crippen LogP) is 4.46. The zero-order chi connectivity index (χ0) is 21.8. The Morgan fingerprint density at radius 2 is 2.00 bits per heavy atom.